The minimum atomic E-state index is -0.419. The summed E-state index contributed by atoms with van der Waals surface area (Å²) in [6.07, 6.45) is 3.38. The molecule has 12 heavy (non-hydrogen) atoms. The first kappa shape index (κ1) is 9.25. The second-order valence-corrected chi connectivity index (χ2v) is 3.75. The van der Waals surface area contributed by atoms with Crippen LogP contribution in [0.5, 0.6) is 0 Å². The number of allylic oxidation sites excluding steroid dienone is 3. The van der Waals surface area contributed by atoms with Crippen molar-refractivity contribution in [3.05, 3.63) is 33.7 Å². The summed E-state index contributed by atoms with van der Waals surface area (Å²) < 4.78 is 0. The molecule has 0 saturated carbocycles. The summed E-state index contributed by atoms with van der Waals surface area (Å²) in [5, 5.41) is 10.5. The van der Waals surface area contributed by atoms with E-state index in [1.807, 2.05) is 6.08 Å². The van der Waals surface area contributed by atoms with E-state index in [0.29, 0.717) is 0 Å². The Kier molecular flexibility index (Phi) is 2.52. The lowest BCUT2D eigenvalue weighted by Crippen LogP contribution is -2.24. The Morgan fingerprint density at radius 2 is 2.33 bits per heavy atom. The van der Waals surface area contributed by atoms with Crippen LogP contribution in [0.1, 0.15) is 6.92 Å². The molecule has 1 aliphatic rings. The number of halogens is 1. The SMILES string of the molecule is CC1C([N+](=O)[O-])=C(N)C=CC1Br. The molecule has 2 unspecified atom stereocenters. The van der Waals surface area contributed by atoms with Gasteiger partial charge in [0.1, 0.15) is 5.70 Å². The van der Waals surface area contributed by atoms with Gasteiger partial charge in [-0.2, -0.15) is 0 Å². The van der Waals surface area contributed by atoms with E-state index in [-0.39, 0.29) is 22.1 Å². The fourth-order valence-electron chi connectivity index (χ4n) is 1.13. The van der Waals surface area contributed by atoms with Gasteiger partial charge >= 0.3 is 0 Å². The van der Waals surface area contributed by atoms with Gasteiger partial charge < -0.3 is 5.73 Å². The van der Waals surface area contributed by atoms with E-state index in [1.54, 1.807) is 13.0 Å². The van der Waals surface area contributed by atoms with E-state index in [4.69, 9.17) is 5.73 Å². The molecule has 0 amide bonds. The van der Waals surface area contributed by atoms with Crippen LogP contribution >= 0.6 is 15.9 Å². The monoisotopic (exact) mass is 232 g/mol. The molecule has 0 aromatic rings. The van der Waals surface area contributed by atoms with Crippen molar-refractivity contribution >= 4 is 15.9 Å². The highest BCUT2D eigenvalue weighted by molar-refractivity contribution is 9.09. The van der Waals surface area contributed by atoms with Crippen molar-refractivity contribution in [2.75, 3.05) is 0 Å². The molecule has 0 aromatic heterocycles. The zero-order valence-electron chi connectivity index (χ0n) is 6.53. The van der Waals surface area contributed by atoms with E-state index in [9.17, 15) is 10.1 Å². The molecule has 0 bridgehead atoms. The Morgan fingerprint density at radius 3 is 2.75 bits per heavy atom. The molecule has 0 radical (unpaired) electrons. The highest BCUT2D eigenvalue weighted by Crippen LogP contribution is 2.28. The Bertz CT molecular complexity index is 273. The van der Waals surface area contributed by atoms with Crippen molar-refractivity contribution in [2.45, 2.75) is 11.8 Å². The van der Waals surface area contributed by atoms with Gasteiger partial charge in [0.25, 0.3) is 5.70 Å². The zero-order valence-corrected chi connectivity index (χ0v) is 8.11. The van der Waals surface area contributed by atoms with E-state index in [0.717, 1.165) is 0 Å². The van der Waals surface area contributed by atoms with Crippen molar-refractivity contribution < 1.29 is 4.92 Å². The zero-order chi connectivity index (χ0) is 9.30. The molecule has 1 rings (SSSR count). The van der Waals surface area contributed by atoms with Gasteiger partial charge in [-0.25, -0.2) is 0 Å². The second kappa shape index (κ2) is 3.26. The Hall–Kier alpha value is -0.840. The van der Waals surface area contributed by atoms with E-state index < -0.39 is 4.92 Å². The van der Waals surface area contributed by atoms with Crippen molar-refractivity contribution in [2.24, 2.45) is 11.7 Å². The molecule has 0 saturated heterocycles. The molecule has 1 aliphatic carbocycles. The molecule has 5 heteroatoms. The molecular formula is C7H9BrN2O2. The fraction of sp³-hybridized carbons (Fsp3) is 0.429. The summed E-state index contributed by atoms with van der Waals surface area (Å²) in [5.74, 6) is -0.176. The van der Waals surface area contributed by atoms with Gasteiger partial charge in [-0.3, -0.25) is 10.1 Å². The first-order valence-corrected chi connectivity index (χ1v) is 4.42. The predicted octanol–water partition coefficient (Wildman–Crippen LogP) is 1.40. The van der Waals surface area contributed by atoms with Crippen LogP contribution in [-0.2, 0) is 0 Å². The topological polar surface area (TPSA) is 69.2 Å². The van der Waals surface area contributed by atoms with Gasteiger partial charge in [-0.15, -0.1) is 0 Å². The molecule has 2 atom stereocenters. The highest BCUT2D eigenvalue weighted by atomic mass is 79.9. The lowest BCUT2D eigenvalue weighted by molar-refractivity contribution is -0.434. The van der Waals surface area contributed by atoms with E-state index in [1.165, 1.54) is 0 Å². The van der Waals surface area contributed by atoms with Crippen LogP contribution in [0.2, 0.25) is 0 Å². The van der Waals surface area contributed by atoms with Gasteiger partial charge in [-0.05, 0) is 6.08 Å². The fourth-order valence-corrected chi connectivity index (χ4v) is 1.54. The Balaban J connectivity index is 3.05. The third-order valence-electron chi connectivity index (χ3n) is 1.86. The summed E-state index contributed by atoms with van der Waals surface area (Å²) in [6, 6.07) is 0. The van der Waals surface area contributed by atoms with Crippen molar-refractivity contribution in [3.63, 3.8) is 0 Å². The van der Waals surface area contributed by atoms with Crippen LogP contribution in [0.25, 0.3) is 0 Å². The number of alkyl halides is 1. The number of nitro groups is 1. The van der Waals surface area contributed by atoms with Crippen molar-refractivity contribution in [1.82, 2.24) is 0 Å². The maximum Gasteiger partial charge on any atom is 0.273 e. The molecule has 0 aliphatic heterocycles. The van der Waals surface area contributed by atoms with E-state index in [2.05, 4.69) is 15.9 Å². The maximum atomic E-state index is 10.5. The summed E-state index contributed by atoms with van der Waals surface area (Å²) in [5.41, 5.74) is 5.81. The molecule has 66 valence electrons. The van der Waals surface area contributed by atoms with Gasteiger partial charge in [-0.1, -0.05) is 28.9 Å². The number of hydrogen-bond acceptors (Lipinski definition) is 3. The van der Waals surface area contributed by atoms with Crippen LogP contribution in [0.3, 0.4) is 0 Å². The minimum Gasteiger partial charge on any atom is -0.393 e. The maximum absolute atomic E-state index is 10.5. The molecule has 4 nitrogen and oxygen atoms in total. The van der Waals surface area contributed by atoms with E-state index >= 15 is 0 Å². The van der Waals surface area contributed by atoms with Crippen molar-refractivity contribution in [1.29, 1.82) is 0 Å². The molecule has 0 aromatic carbocycles. The Morgan fingerprint density at radius 1 is 1.75 bits per heavy atom. The number of rotatable bonds is 1. The van der Waals surface area contributed by atoms with Crippen LogP contribution in [0.15, 0.2) is 23.5 Å². The molecule has 0 heterocycles. The predicted molar refractivity (Wildman–Crippen MR) is 49.2 cm³/mol. The normalized spacial score (nSPS) is 29.2. The lowest BCUT2D eigenvalue weighted by atomic mass is 9.97. The number of nitrogens with zero attached hydrogens (tertiary/aromatic N) is 1. The third kappa shape index (κ3) is 1.50. The number of nitrogens with two attached hydrogens (primary N) is 1. The van der Waals surface area contributed by atoms with Crippen LogP contribution < -0.4 is 5.73 Å². The van der Waals surface area contributed by atoms with Crippen LogP contribution in [0, 0.1) is 16.0 Å². The van der Waals surface area contributed by atoms with Crippen molar-refractivity contribution in [3.8, 4) is 0 Å². The molecule has 2 N–H and O–H groups in total. The smallest absolute Gasteiger partial charge is 0.273 e. The summed E-state index contributed by atoms with van der Waals surface area (Å²) in [6.45, 7) is 1.77. The van der Waals surface area contributed by atoms with Gasteiger partial charge in [0.05, 0.1) is 10.8 Å². The third-order valence-corrected chi connectivity index (χ3v) is 2.96. The highest BCUT2D eigenvalue weighted by Gasteiger charge is 2.30. The Labute approximate surface area is 78.4 Å². The average Bonchev–Trinajstić information content (AvgIpc) is 1.97. The average molecular weight is 233 g/mol. The van der Waals surface area contributed by atoms with Crippen LogP contribution in [0.4, 0.5) is 0 Å². The number of hydrogen-bond donors (Lipinski definition) is 1. The molecular weight excluding hydrogens is 224 g/mol. The minimum absolute atomic E-state index is 0.00481. The summed E-state index contributed by atoms with van der Waals surface area (Å²) >= 11 is 3.31. The standard InChI is InChI=1S/C7H9BrN2O2/c1-4-5(8)2-3-6(9)7(4)10(11)12/h2-5H,9H2,1H3. The summed E-state index contributed by atoms with van der Waals surface area (Å²) in [4.78, 5) is 10.1. The first-order chi connectivity index (χ1) is 5.54. The molecule has 0 spiro atoms. The van der Waals surface area contributed by atoms with Gasteiger partial charge in [0.2, 0.25) is 0 Å². The van der Waals surface area contributed by atoms with Gasteiger partial charge in [0, 0.05) is 4.83 Å². The molecule has 0 fully saturated rings. The largest absolute Gasteiger partial charge is 0.393 e. The van der Waals surface area contributed by atoms with Gasteiger partial charge in [0.15, 0.2) is 0 Å². The second-order valence-electron chi connectivity index (χ2n) is 2.69. The lowest BCUT2D eigenvalue weighted by Gasteiger charge is -2.17. The summed E-state index contributed by atoms with van der Waals surface area (Å²) in [7, 11) is 0. The quantitative estimate of drug-likeness (QED) is 0.422. The first-order valence-electron chi connectivity index (χ1n) is 3.50. The van der Waals surface area contributed by atoms with Crippen LogP contribution in [-0.4, -0.2) is 9.75 Å².